The van der Waals surface area contributed by atoms with E-state index in [0.29, 0.717) is 56.4 Å². The molecule has 30 heteroatoms. The van der Waals surface area contributed by atoms with E-state index in [9.17, 15) is 53.2 Å². The average molecular weight is 1350 g/mol. The molecule has 6 aliphatic heterocycles. The fourth-order valence-electron chi connectivity index (χ4n) is 15.3. The number of allylic oxidation sites excluding steroid dienone is 6. The predicted molar refractivity (Wildman–Crippen MR) is 335 cm³/mol. The van der Waals surface area contributed by atoms with Crippen molar-refractivity contribution in [3.05, 3.63) is 69.2 Å². The first-order valence-electron chi connectivity index (χ1n) is 30.5. The Hall–Kier alpha value is -6.53. The topological polar surface area (TPSA) is 496 Å². The van der Waals surface area contributed by atoms with Gasteiger partial charge in [0.25, 0.3) is 7.82 Å². The predicted octanol–water partition coefficient (Wildman–Crippen LogP) is 2.49. The number of rotatable bonds is 26. The van der Waals surface area contributed by atoms with Gasteiger partial charge in [-0.15, -0.1) is 0 Å². The van der Waals surface area contributed by atoms with Gasteiger partial charge in [-0.1, -0.05) is 40.7 Å². The van der Waals surface area contributed by atoms with Gasteiger partial charge in [-0.25, -0.2) is 4.98 Å². The maximum Gasteiger partial charge on any atom is 0.268 e. The van der Waals surface area contributed by atoms with Crippen LogP contribution in [0.4, 0.5) is 0 Å². The number of imidazole rings is 1. The molecule has 6 aliphatic rings. The normalized spacial score (nSPS) is 33.5. The molecule has 8 bridgehead atoms. The number of amides is 7. The quantitative estimate of drug-likeness (QED) is 0.0611. The Labute approximate surface area is 545 Å². The molecule has 2 aromatic rings. The molecular weight excluding hydrogens is 1260 g/mol. The zero-order chi connectivity index (χ0) is 66.7. The third-order valence-corrected chi connectivity index (χ3v) is 21.6. The number of aromatic nitrogens is 2. The molecule has 2 fully saturated rings. The second-order valence-electron chi connectivity index (χ2n) is 27.0. The Balaban J connectivity index is 0.00000672. The van der Waals surface area contributed by atoms with Gasteiger partial charge < -0.3 is 84.0 Å². The van der Waals surface area contributed by atoms with Crippen LogP contribution in [0.1, 0.15) is 150 Å². The number of benzene rings is 1. The molecule has 28 nitrogen and oxygen atoms in total. The van der Waals surface area contributed by atoms with E-state index in [1.54, 1.807) is 6.92 Å². The van der Waals surface area contributed by atoms with Crippen LogP contribution in [0.5, 0.6) is 0 Å². The first-order chi connectivity index (χ1) is 41.8. The number of nitrogens with two attached hydrogens (primary N) is 6. The SMILES string of the molecule is C/C1=C2N=C(/C=C3N=C(/C(C)=C4\[N-][C@H]([C@H](CC(N)=O)[C@@]4(C)CCC(=O)NC[C@@H](C)OP(=O)([O-])O[C@H]4[C@@H](O)[C@@H](n5cnc6cc(C)c(C)cc65)O[C@@H]4CO)[C@]4(C)N=C1[C@@H](CCC(N)=O)[C@]4(C)CC(N)=O)[C@@H](CCC(N)=O)C\3(C)C)[C@@H](CCC(N)=O)C/2(C)CC(N)=O.O.[Co]. The van der Waals surface area contributed by atoms with Gasteiger partial charge in [-0.05, 0) is 119 Å². The van der Waals surface area contributed by atoms with E-state index >= 15 is 0 Å². The Morgan fingerprint density at radius 3 is 1.96 bits per heavy atom. The largest absolute Gasteiger partial charge is 0.756 e. The maximum atomic E-state index is 14.4. The molecule has 7 amide bonds. The molecular formula is C62H90CoN13O15P-2. The minimum absolute atomic E-state index is 0. The molecule has 509 valence electrons. The standard InChI is InChI=1S/C62H90N13O14P.Co.H2O/c1-29-20-39-40(21-30(29)2)75(28-70-39)57-52(84)53(41(27-76)87-57)89-90(85,86)88-31(3)26-69-49(83)18-19-59(8)37(22-46(66)80)56-62(11)61(10,25-48(68)82)36(14-17-45(65)79)51(74-62)33(5)55-60(9,24-47(67)81)34(12-15-43(63)77)38(71-55)23-42-58(6,7)35(13-16-44(64)78)50(72-42)32(4)54(59)73-56;;/h20-21,23,28,31,34-37,41,52-53,56-57,76,84H,12-19,22,24-27H2,1-11H3,(H15,63,64,65,66,67,68,69,71,72,73,74,77,78,79,80,81,82,83,85,86);;1H2/p-2/t31-,34-,35-,36-,37+,41-,52-,53-,56-,57+,59-,60?,61+,62+;;/m1../s1. The first-order valence-corrected chi connectivity index (χ1v) is 32.0. The van der Waals surface area contributed by atoms with Gasteiger partial charge >= 0.3 is 0 Å². The van der Waals surface area contributed by atoms with Crippen LogP contribution < -0.4 is 44.6 Å². The van der Waals surface area contributed by atoms with Crippen LogP contribution in [0, 0.1) is 59.2 Å². The number of aliphatic hydroxyl groups is 2. The van der Waals surface area contributed by atoms with Gasteiger partial charge in [0.1, 0.15) is 18.3 Å². The number of primary amides is 6. The van der Waals surface area contributed by atoms with E-state index in [1.807, 2.05) is 80.5 Å². The van der Waals surface area contributed by atoms with Gasteiger partial charge in [0.2, 0.25) is 41.4 Å². The number of aliphatic imine (C=N–C) groups is 3. The molecule has 1 aromatic heterocycles. The summed E-state index contributed by atoms with van der Waals surface area (Å²) in [6, 6.07) is 2.65. The van der Waals surface area contributed by atoms with E-state index < -0.39 is 143 Å². The number of aliphatic hydroxyl groups excluding tert-OH is 2. The molecule has 17 N–H and O–H groups in total. The zero-order valence-corrected chi connectivity index (χ0v) is 55.9. The number of nitrogens with zero attached hydrogens (tertiary/aromatic N) is 6. The number of ether oxygens (including phenoxy) is 1. The third-order valence-electron chi connectivity index (χ3n) is 20.5. The number of hydrogen-bond donors (Lipinski definition) is 9. The van der Waals surface area contributed by atoms with Crippen molar-refractivity contribution >= 4 is 77.3 Å². The van der Waals surface area contributed by atoms with Gasteiger partial charge in [0.15, 0.2) is 6.23 Å². The van der Waals surface area contributed by atoms with Crippen molar-refractivity contribution in [1.82, 2.24) is 14.9 Å². The molecule has 1 radical (unpaired) electrons. The molecule has 0 saturated carbocycles. The fraction of sp³-hybridized carbons (Fsp3) is 0.629. The van der Waals surface area contributed by atoms with Crippen molar-refractivity contribution in [3.8, 4) is 0 Å². The van der Waals surface area contributed by atoms with Crippen LogP contribution in [0.25, 0.3) is 16.4 Å². The zero-order valence-electron chi connectivity index (χ0n) is 54.0. The Morgan fingerprint density at radius 2 is 1.38 bits per heavy atom. The van der Waals surface area contributed by atoms with Crippen LogP contribution in [-0.4, -0.2) is 133 Å². The molecule has 2 unspecified atom stereocenters. The fourth-order valence-corrected chi connectivity index (χ4v) is 16.4. The van der Waals surface area contributed by atoms with E-state index in [4.69, 9.17) is 68.5 Å². The van der Waals surface area contributed by atoms with Gasteiger partial charge in [-0.3, -0.25) is 53.1 Å². The summed E-state index contributed by atoms with van der Waals surface area (Å²) in [5.74, 6) is -7.40. The van der Waals surface area contributed by atoms with E-state index in [0.717, 1.165) is 11.1 Å². The number of carbonyl (C=O) groups excluding carboxylic acids is 7. The molecule has 7 heterocycles. The summed E-state index contributed by atoms with van der Waals surface area (Å²) in [4.78, 5) is 128. The smallest absolute Gasteiger partial charge is 0.268 e. The Bertz CT molecular complexity index is 3550. The summed E-state index contributed by atoms with van der Waals surface area (Å²) >= 11 is 0. The second kappa shape index (κ2) is 27.8. The minimum Gasteiger partial charge on any atom is -0.756 e. The van der Waals surface area contributed by atoms with Crippen molar-refractivity contribution in [2.45, 2.75) is 189 Å². The number of fused-ring (bicyclic) bond motifs is 7. The summed E-state index contributed by atoms with van der Waals surface area (Å²) in [5, 5.41) is 30.1. The third kappa shape index (κ3) is 14.1. The van der Waals surface area contributed by atoms with E-state index in [1.165, 1.54) is 17.8 Å². The molecule has 8 rings (SSSR count). The van der Waals surface area contributed by atoms with Gasteiger partial charge in [-0.2, -0.15) is 5.70 Å². The summed E-state index contributed by atoms with van der Waals surface area (Å²) < 4.78 is 31.9. The Kier molecular flexibility index (Phi) is 22.5. The van der Waals surface area contributed by atoms with Crippen LogP contribution in [0.2, 0.25) is 0 Å². The molecule has 0 aliphatic carbocycles. The number of phosphoric ester groups is 1. The summed E-state index contributed by atoms with van der Waals surface area (Å²) in [6.45, 7) is 19.0. The molecule has 2 saturated heterocycles. The Morgan fingerprint density at radius 1 is 0.793 bits per heavy atom. The number of hydrogen-bond acceptors (Lipinski definition) is 18. The van der Waals surface area contributed by atoms with Crippen molar-refractivity contribution in [1.29, 1.82) is 0 Å². The molecule has 15 atom stereocenters. The average Bonchev–Trinajstić information content (AvgIpc) is 1.53. The number of nitrogens with one attached hydrogen (secondary N) is 1. The number of carbonyl (C=O) groups is 7. The molecule has 1 aromatic carbocycles. The molecule has 0 spiro atoms. The first kappa shape index (κ1) is 74.5. The van der Waals surface area contributed by atoms with E-state index in [2.05, 4.69) is 10.3 Å². The summed E-state index contributed by atoms with van der Waals surface area (Å²) in [7, 11) is -5.32. The summed E-state index contributed by atoms with van der Waals surface area (Å²) in [6.07, 6.45) is -4.79. The van der Waals surface area contributed by atoms with Crippen LogP contribution in [-0.2, 0) is 68.7 Å². The van der Waals surface area contributed by atoms with Crippen molar-refractivity contribution in [2.75, 3.05) is 13.2 Å². The van der Waals surface area contributed by atoms with Crippen molar-refractivity contribution < 1.29 is 89.3 Å². The number of phosphoric acid groups is 1. The van der Waals surface area contributed by atoms with Crippen LogP contribution in [0.15, 0.2) is 67.8 Å². The summed E-state index contributed by atoms with van der Waals surface area (Å²) in [5.41, 5.74) is 36.7. The van der Waals surface area contributed by atoms with Gasteiger partial charge in [0.05, 0.1) is 41.3 Å². The second-order valence-corrected chi connectivity index (χ2v) is 28.3. The van der Waals surface area contributed by atoms with Crippen LogP contribution >= 0.6 is 7.82 Å². The van der Waals surface area contributed by atoms with E-state index in [-0.39, 0.29) is 99.4 Å². The van der Waals surface area contributed by atoms with Crippen molar-refractivity contribution in [3.63, 3.8) is 0 Å². The van der Waals surface area contributed by atoms with Crippen LogP contribution in [0.3, 0.4) is 0 Å². The minimum atomic E-state index is -5.32. The van der Waals surface area contributed by atoms with Crippen molar-refractivity contribution in [2.24, 2.45) is 94.7 Å². The maximum absolute atomic E-state index is 14.4. The van der Waals surface area contributed by atoms with Gasteiger partial charge in [0, 0.05) is 125 Å². The molecule has 92 heavy (non-hydrogen) atoms. The number of aryl methyl sites for hydroxylation is 2. The monoisotopic (exact) mass is 1350 g/mol.